The van der Waals surface area contributed by atoms with Gasteiger partial charge >= 0.3 is 0 Å². The lowest BCUT2D eigenvalue weighted by Gasteiger charge is -2.36. The van der Waals surface area contributed by atoms with Gasteiger partial charge in [0.2, 0.25) is 10.0 Å². The Kier molecular flexibility index (Phi) is 7.50. The molecule has 5 heterocycles. The maximum atomic E-state index is 12.1. The average Bonchev–Trinajstić information content (AvgIpc) is 3.54. The van der Waals surface area contributed by atoms with Crippen LogP contribution in [0.1, 0.15) is 31.9 Å². The zero-order chi connectivity index (χ0) is 29.5. The highest BCUT2D eigenvalue weighted by Gasteiger charge is 2.37. The number of sulfonamides is 1. The summed E-state index contributed by atoms with van der Waals surface area (Å²) in [5.74, 6) is 0.492. The first kappa shape index (κ1) is 28.5. The van der Waals surface area contributed by atoms with Crippen LogP contribution in [0, 0.1) is 11.3 Å². The van der Waals surface area contributed by atoms with Crippen molar-refractivity contribution in [2.24, 2.45) is 0 Å². The number of nitriles is 1. The predicted molar refractivity (Wildman–Crippen MR) is 149 cm³/mol. The van der Waals surface area contributed by atoms with E-state index in [1.807, 2.05) is 13.8 Å². The van der Waals surface area contributed by atoms with E-state index in [2.05, 4.69) is 36.8 Å². The number of hydrogen-bond donors (Lipinski definition) is 1. The van der Waals surface area contributed by atoms with Crippen molar-refractivity contribution in [1.29, 1.82) is 5.26 Å². The average molecular weight is 601 g/mol. The first-order valence-corrected chi connectivity index (χ1v) is 16.3. The number of aromatic nitrogens is 7. The summed E-state index contributed by atoms with van der Waals surface area (Å²) in [6.45, 7) is 4.01. The Morgan fingerprint density at radius 2 is 1.90 bits per heavy atom. The van der Waals surface area contributed by atoms with Gasteiger partial charge in [0.15, 0.2) is 11.5 Å². The summed E-state index contributed by atoms with van der Waals surface area (Å²) in [7, 11) is -7.42. The van der Waals surface area contributed by atoms with Gasteiger partial charge in [0.25, 0.3) is 10.1 Å². The third-order valence-corrected chi connectivity index (χ3v) is 8.33. The predicted octanol–water partition coefficient (Wildman–Crippen LogP) is 1.32. The molecule has 2 atom stereocenters. The van der Waals surface area contributed by atoms with Gasteiger partial charge in [-0.05, 0) is 26.3 Å². The van der Waals surface area contributed by atoms with Gasteiger partial charge < -0.3 is 5.32 Å². The second-order valence-electron chi connectivity index (χ2n) is 10.1. The standard InChI is InChI=1S/C24H28N10O5S2/c1-15(2)29-19-8-23(34-24-17(11-28-34)7-16(9-25)10-27-24)26-12-18(19)20-13-33(31-30-20)21-5-6-32(40(3,35)36)14-22(21)39-41(4,37)38/h7-8,10-13,15,21-22H,5-6,14H2,1-4H3,(H,26,29)/t21-,22+/m0/s1. The van der Waals surface area contributed by atoms with E-state index < -0.39 is 32.3 Å². The van der Waals surface area contributed by atoms with E-state index in [1.165, 1.54) is 15.2 Å². The molecule has 1 saturated heterocycles. The van der Waals surface area contributed by atoms with Crippen LogP contribution in [-0.4, -0.2) is 93.6 Å². The maximum Gasteiger partial charge on any atom is 0.264 e. The Morgan fingerprint density at radius 3 is 2.59 bits per heavy atom. The van der Waals surface area contributed by atoms with Crippen LogP contribution >= 0.6 is 0 Å². The Morgan fingerprint density at radius 1 is 1.12 bits per heavy atom. The molecule has 4 aromatic rings. The van der Waals surface area contributed by atoms with Crippen molar-refractivity contribution in [3.8, 4) is 23.1 Å². The van der Waals surface area contributed by atoms with Crippen molar-refractivity contribution in [3.63, 3.8) is 0 Å². The summed E-state index contributed by atoms with van der Waals surface area (Å²) in [6.07, 6.45) is 7.66. The molecule has 0 spiro atoms. The normalized spacial score (nSPS) is 18.5. The summed E-state index contributed by atoms with van der Waals surface area (Å²) >= 11 is 0. The molecule has 15 nitrogen and oxygen atoms in total. The van der Waals surface area contributed by atoms with Crippen molar-refractivity contribution < 1.29 is 21.0 Å². The number of fused-ring (bicyclic) bond motifs is 1. The molecule has 0 aromatic carbocycles. The lowest BCUT2D eigenvalue weighted by molar-refractivity contribution is 0.0772. The topological polar surface area (TPSA) is 191 Å². The number of rotatable bonds is 8. The molecule has 1 aliphatic rings. The summed E-state index contributed by atoms with van der Waals surface area (Å²) in [4.78, 5) is 8.94. The summed E-state index contributed by atoms with van der Waals surface area (Å²) in [5.41, 5.74) is 2.78. The van der Waals surface area contributed by atoms with Crippen LogP contribution in [0.2, 0.25) is 0 Å². The minimum Gasteiger partial charge on any atom is -0.382 e. The molecular formula is C24H28N10O5S2. The van der Waals surface area contributed by atoms with E-state index in [1.54, 1.807) is 35.4 Å². The van der Waals surface area contributed by atoms with E-state index in [-0.39, 0.29) is 25.6 Å². The highest BCUT2D eigenvalue weighted by Crippen LogP contribution is 2.32. The molecule has 0 aliphatic carbocycles. The van der Waals surface area contributed by atoms with E-state index in [4.69, 9.17) is 9.44 Å². The van der Waals surface area contributed by atoms with Crippen molar-refractivity contribution in [3.05, 3.63) is 42.5 Å². The third kappa shape index (κ3) is 6.20. The molecule has 41 heavy (non-hydrogen) atoms. The zero-order valence-corrected chi connectivity index (χ0v) is 24.3. The summed E-state index contributed by atoms with van der Waals surface area (Å²) in [5, 5.41) is 26.2. The van der Waals surface area contributed by atoms with Crippen LogP contribution in [0.5, 0.6) is 0 Å². The van der Waals surface area contributed by atoms with Gasteiger partial charge in [0.1, 0.15) is 17.9 Å². The largest absolute Gasteiger partial charge is 0.382 e. The molecule has 216 valence electrons. The Labute approximate surface area is 236 Å². The molecule has 0 amide bonds. The molecule has 0 bridgehead atoms. The fourth-order valence-corrected chi connectivity index (χ4v) is 6.20. The highest BCUT2D eigenvalue weighted by molar-refractivity contribution is 7.88. The number of nitrogens with zero attached hydrogens (tertiary/aromatic N) is 9. The van der Waals surface area contributed by atoms with Crippen LogP contribution in [0.15, 0.2) is 36.9 Å². The number of anilines is 1. The van der Waals surface area contributed by atoms with Crippen LogP contribution in [0.4, 0.5) is 5.69 Å². The maximum absolute atomic E-state index is 12.1. The molecule has 1 aliphatic heterocycles. The fourth-order valence-electron chi connectivity index (χ4n) is 4.71. The molecule has 5 rings (SSSR count). The van der Waals surface area contributed by atoms with E-state index >= 15 is 0 Å². The molecule has 0 saturated carbocycles. The monoisotopic (exact) mass is 600 g/mol. The van der Waals surface area contributed by atoms with Gasteiger partial charge in [0, 0.05) is 54.2 Å². The van der Waals surface area contributed by atoms with Gasteiger partial charge in [-0.15, -0.1) is 5.10 Å². The number of nitrogens with one attached hydrogen (secondary N) is 1. The van der Waals surface area contributed by atoms with Crippen LogP contribution in [0.25, 0.3) is 28.1 Å². The van der Waals surface area contributed by atoms with Crippen molar-refractivity contribution in [2.75, 3.05) is 30.9 Å². The first-order chi connectivity index (χ1) is 19.3. The molecule has 1 N–H and O–H groups in total. The number of pyridine rings is 2. The van der Waals surface area contributed by atoms with Gasteiger partial charge in [-0.3, -0.25) is 4.18 Å². The SMILES string of the molecule is CC(C)Nc1cc(-n2ncc3cc(C#N)cnc32)ncc1-c1cn([C@H]2CCN(S(C)(=O)=O)C[C@H]2OS(C)(=O)=O)nn1. The smallest absolute Gasteiger partial charge is 0.264 e. The minimum atomic E-state index is -3.88. The van der Waals surface area contributed by atoms with E-state index in [9.17, 15) is 16.8 Å². The summed E-state index contributed by atoms with van der Waals surface area (Å²) < 4.78 is 57.7. The quantitative estimate of drug-likeness (QED) is 0.286. The minimum absolute atomic E-state index is 0.0533. The van der Waals surface area contributed by atoms with Crippen molar-refractivity contribution >= 4 is 36.9 Å². The molecule has 0 unspecified atom stereocenters. The Bertz CT molecular complexity index is 1860. The molecule has 1 fully saturated rings. The highest BCUT2D eigenvalue weighted by atomic mass is 32.2. The van der Waals surface area contributed by atoms with Crippen LogP contribution in [-0.2, 0) is 24.3 Å². The lowest BCUT2D eigenvalue weighted by Crippen LogP contribution is -2.48. The second-order valence-corrected chi connectivity index (χ2v) is 13.7. The Balaban J connectivity index is 1.49. The molecule has 4 aromatic heterocycles. The van der Waals surface area contributed by atoms with Gasteiger partial charge in [0.05, 0.1) is 36.5 Å². The van der Waals surface area contributed by atoms with E-state index in [0.29, 0.717) is 39.4 Å². The number of hydrogen-bond acceptors (Lipinski definition) is 12. The van der Waals surface area contributed by atoms with Gasteiger partial charge in [-0.2, -0.15) is 27.8 Å². The van der Waals surface area contributed by atoms with Crippen LogP contribution < -0.4 is 5.32 Å². The first-order valence-electron chi connectivity index (χ1n) is 12.6. The molecule has 0 radical (unpaired) electrons. The zero-order valence-electron chi connectivity index (χ0n) is 22.7. The molecular weight excluding hydrogens is 572 g/mol. The number of piperidine rings is 1. The van der Waals surface area contributed by atoms with Gasteiger partial charge in [-0.25, -0.2) is 23.1 Å². The Hall–Kier alpha value is -3.98. The van der Waals surface area contributed by atoms with Gasteiger partial charge in [-0.1, -0.05) is 5.21 Å². The lowest BCUT2D eigenvalue weighted by atomic mass is 10.0. The van der Waals surface area contributed by atoms with Crippen molar-refractivity contribution in [2.45, 2.75) is 38.5 Å². The third-order valence-electron chi connectivity index (χ3n) is 6.47. The van der Waals surface area contributed by atoms with E-state index in [0.717, 1.165) is 12.5 Å². The van der Waals surface area contributed by atoms with Crippen molar-refractivity contribution in [1.82, 2.24) is 39.0 Å². The van der Waals surface area contributed by atoms with Crippen LogP contribution in [0.3, 0.4) is 0 Å². The fraction of sp³-hybridized carbons (Fsp3) is 0.417. The second kappa shape index (κ2) is 10.8. The summed E-state index contributed by atoms with van der Waals surface area (Å²) in [6, 6.07) is 5.06. The molecule has 17 heteroatoms.